The topological polar surface area (TPSA) is 72.6 Å². The first-order valence-electron chi connectivity index (χ1n) is 8.28. The molecule has 0 amide bonds. The quantitative estimate of drug-likeness (QED) is 0.648. The van der Waals surface area contributed by atoms with Gasteiger partial charge in [0.25, 0.3) is 0 Å². The van der Waals surface area contributed by atoms with Crippen LogP contribution in [0.1, 0.15) is 35.0 Å². The minimum absolute atomic E-state index is 0.0653. The summed E-state index contributed by atoms with van der Waals surface area (Å²) in [6.45, 7) is 2.09. The van der Waals surface area contributed by atoms with E-state index in [9.17, 15) is 9.90 Å². The molecule has 0 aliphatic heterocycles. The van der Waals surface area contributed by atoms with Crippen LogP contribution >= 0.6 is 11.3 Å². The average molecular weight is 347 g/mol. The maximum Gasteiger partial charge on any atom is 0.191 e. The van der Waals surface area contributed by atoms with Crippen LogP contribution in [0.3, 0.4) is 0 Å². The first-order chi connectivity index (χ1) is 11.6. The third-order valence-corrected chi connectivity index (χ3v) is 4.80. The van der Waals surface area contributed by atoms with Crippen LogP contribution in [-0.4, -0.2) is 35.7 Å². The monoisotopic (exact) mass is 347 g/mol. The third kappa shape index (κ3) is 5.53. The average Bonchev–Trinajstić information content (AvgIpc) is 3.11. The fraction of sp³-hybridized carbons (Fsp3) is 0.421. The van der Waals surface area contributed by atoms with Crippen LogP contribution in [-0.2, 0) is 11.2 Å². The van der Waals surface area contributed by atoms with Gasteiger partial charge in [-0.15, -0.1) is 11.3 Å². The summed E-state index contributed by atoms with van der Waals surface area (Å²) < 4.78 is 5.79. The zero-order valence-electron chi connectivity index (χ0n) is 13.9. The van der Waals surface area contributed by atoms with Gasteiger partial charge in [0.1, 0.15) is 6.10 Å². The Morgan fingerprint density at radius 3 is 2.62 bits per heavy atom. The first-order valence-corrected chi connectivity index (χ1v) is 9.16. The Kier molecular flexibility index (Phi) is 7.59. The number of Topliss-reactive ketones (excluding diaryl/α,β-unsaturated/α-hetero) is 1. The van der Waals surface area contributed by atoms with Crippen molar-refractivity contribution in [2.45, 2.75) is 44.4 Å². The van der Waals surface area contributed by atoms with Gasteiger partial charge in [0.05, 0.1) is 12.7 Å². The van der Waals surface area contributed by atoms with Gasteiger partial charge in [0, 0.05) is 22.9 Å². The van der Waals surface area contributed by atoms with Gasteiger partial charge in [-0.1, -0.05) is 49.7 Å². The summed E-state index contributed by atoms with van der Waals surface area (Å²) in [7, 11) is 0. The van der Waals surface area contributed by atoms with Crippen molar-refractivity contribution >= 4 is 17.1 Å². The van der Waals surface area contributed by atoms with Crippen LogP contribution in [0.2, 0.25) is 0 Å². The van der Waals surface area contributed by atoms with Gasteiger partial charge < -0.3 is 15.6 Å². The number of aliphatic hydroxyl groups excluding tert-OH is 1. The normalized spacial score (nSPS) is 15.0. The number of aliphatic hydroxyl groups is 1. The number of rotatable bonds is 10. The number of thiophene rings is 1. The maximum absolute atomic E-state index is 12.7. The van der Waals surface area contributed by atoms with E-state index >= 15 is 0 Å². The van der Waals surface area contributed by atoms with E-state index in [2.05, 4.69) is 0 Å². The summed E-state index contributed by atoms with van der Waals surface area (Å²) in [5, 5.41) is 12.1. The zero-order chi connectivity index (χ0) is 17.4. The molecule has 0 radical (unpaired) electrons. The highest BCUT2D eigenvalue weighted by atomic mass is 32.1. The molecule has 5 heteroatoms. The molecule has 3 N–H and O–H groups in total. The number of nitrogens with two attached hydrogens (primary N) is 1. The lowest BCUT2D eigenvalue weighted by Crippen LogP contribution is -2.40. The molecule has 0 saturated carbocycles. The molecule has 24 heavy (non-hydrogen) atoms. The molecule has 0 spiro atoms. The van der Waals surface area contributed by atoms with Gasteiger partial charge in [-0.05, 0) is 17.9 Å². The number of hydrogen-bond acceptors (Lipinski definition) is 5. The second-order valence-electron chi connectivity index (χ2n) is 5.86. The molecule has 1 aromatic heterocycles. The Bertz CT molecular complexity index is 600. The second-order valence-corrected chi connectivity index (χ2v) is 6.89. The lowest BCUT2D eigenvalue weighted by molar-refractivity contribution is -0.0109. The Hall–Kier alpha value is -1.53. The van der Waals surface area contributed by atoms with E-state index in [1.165, 1.54) is 0 Å². The Labute approximate surface area is 147 Å². The highest BCUT2D eigenvalue weighted by molar-refractivity contribution is 7.09. The van der Waals surface area contributed by atoms with E-state index in [0.29, 0.717) is 12.0 Å². The molecular formula is C19H25NO3S. The predicted octanol–water partition coefficient (Wildman–Crippen LogP) is 3.05. The predicted molar refractivity (Wildman–Crippen MR) is 97.4 cm³/mol. The van der Waals surface area contributed by atoms with Crippen molar-refractivity contribution in [1.82, 2.24) is 0 Å². The molecular weight excluding hydrogens is 322 g/mol. The van der Waals surface area contributed by atoms with E-state index < -0.39 is 12.2 Å². The van der Waals surface area contributed by atoms with Crippen molar-refractivity contribution in [3.63, 3.8) is 0 Å². The van der Waals surface area contributed by atoms with Gasteiger partial charge in [0.15, 0.2) is 5.78 Å². The molecule has 3 unspecified atom stereocenters. The second kappa shape index (κ2) is 9.69. The third-order valence-electron chi connectivity index (χ3n) is 3.90. The van der Waals surface area contributed by atoms with Crippen molar-refractivity contribution in [3.05, 3.63) is 58.3 Å². The Balaban J connectivity index is 2.04. The summed E-state index contributed by atoms with van der Waals surface area (Å²) in [5.74, 6) is -0.0692. The van der Waals surface area contributed by atoms with Crippen LogP contribution in [0, 0.1) is 0 Å². The molecule has 0 saturated heterocycles. The summed E-state index contributed by atoms with van der Waals surface area (Å²) in [4.78, 5) is 13.8. The maximum atomic E-state index is 12.7. The van der Waals surface area contributed by atoms with E-state index in [1.807, 2.05) is 42.6 Å². The summed E-state index contributed by atoms with van der Waals surface area (Å²) in [5.41, 5.74) is 6.54. The van der Waals surface area contributed by atoms with Gasteiger partial charge >= 0.3 is 0 Å². The first kappa shape index (κ1) is 18.8. The molecule has 2 aromatic rings. The Morgan fingerprint density at radius 1 is 1.25 bits per heavy atom. The molecule has 4 nitrogen and oxygen atoms in total. The zero-order valence-corrected chi connectivity index (χ0v) is 14.7. The number of benzene rings is 1. The van der Waals surface area contributed by atoms with E-state index in [-0.39, 0.29) is 18.4 Å². The fourth-order valence-electron chi connectivity index (χ4n) is 2.49. The van der Waals surface area contributed by atoms with Crippen LogP contribution in [0.5, 0.6) is 0 Å². The van der Waals surface area contributed by atoms with Gasteiger partial charge in [-0.2, -0.15) is 0 Å². The molecule has 2 rings (SSSR count). The minimum Gasteiger partial charge on any atom is -0.389 e. The van der Waals surface area contributed by atoms with Crippen molar-refractivity contribution in [2.24, 2.45) is 5.73 Å². The summed E-state index contributed by atoms with van der Waals surface area (Å²) in [6, 6.07) is 12.7. The van der Waals surface area contributed by atoms with Crippen molar-refractivity contribution in [3.8, 4) is 0 Å². The highest BCUT2D eigenvalue weighted by Gasteiger charge is 2.24. The van der Waals surface area contributed by atoms with Gasteiger partial charge in [0.2, 0.25) is 0 Å². The van der Waals surface area contributed by atoms with Crippen LogP contribution in [0.25, 0.3) is 0 Å². The lowest BCUT2D eigenvalue weighted by Gasteiger charge is -2.22. The fourth-order valence-corrected chi connectivity index (χ4v) is 3.23. The molecule has 3 atom stereocenters. The van der Waals surface area contributed by atoms with E-state index in [0.717, 1.165) is 17.7 Å². The van der Waals surface area contributed by atoms with Crippen LogP contribution < -0.4 is 5.73 Å². The molecule has 0 bridgehead atoms. The SMILES string of the molecule is CCCC(N)C(O)COC(Cc1cccs1)C(=O)c1ccccc1. The smallest absolute Gasteiger partial charge is 0.191 e. The molecule has 0 fully saturated rings. The number of ether oxygens (including phenoxy) is 1. The molecule has 1 aromatic carbocycles. The van der Waals surface area contributed by atoms with Crippen molar-refractivity contribution < 1.29 is 14.6 Å². The number of ketones is 1. The summed E-state index contributed by atoms with van der Waals surface area (Å²) >= 11 is 1.59. The summed E-state index contributed by atoms with van der Waals surface area (Å²) in [6.07, 6.45) is 0.752. The Morgan fingerprint density at radius 2 is 2.00 bits per heavy atom. The van der Waals surface area contributed by atoms with E-state index in [4.69, 9.17) is 10.5 Å². The van der Waals surface area contributed by atoms with Crippen molar-refractivity contribution in [1.29, 1.82) is 0 Å². The number of carbonyl (C=O) groups is 1. The molecule has 0 aliphatic carbocycles. The standard InChI is InChI=1S/C19H25NO3S/c1-2-7-16(20)17(21)13-23-18(12-15-10-6-11-24-15)19(22)14-8-4-3-5-9-14/h3-6,8-11,16-18,21H,2,7,12-13,20H2,1H3. The van der Waals surface area contributed by atoms with Gasteiger partial charge in [-0.25, -0.2) is 0 Å². The van der Waals surface area contributed by atoms with Crippen LogP contribution in [0.15, 0.2) is 47.8 Å². The molecule has 1 heterocycles. The van der Waals surface area contributed by atoms with E-state index in [1.54, 1.807) is 23.5 Å². The minimum atomic E-state index is -0.764. The largest absolute Gasteiger partial charge is 0.389 e. The van der Waals surface area contributed by atoms with Crippen molar-refractivity contribution in [2.75, 3.05) is 6.61 Å². The molecule has 0 aliphatic rings. The number of carbonyl (C=O) groups excluding carboxylic acids is 1. The molecule has 130 valence electrons. The lowest BCUT2D eigenvalue weighted by atomic mass is 10.0. The number of hydrogen-bond donors (Lipinski definition) is 2. The highest BCUT2D eigenvalue weighted by Crippen LogP contribution is 2.17. The van der Waals surface area contributed by atoms with Gasteiger partial charge in [-0.3, -0.25) is 4.79 Å². The van der Waals surface area contributed by atoms with Crippen LogP contribution in [0.4, 0.5) is 0 Å².